The van der Waals surface area contributed by atoms with E-state index in [0.29, 0.717) is 22.2 Å². The van der Waals surface area contributed by atoms with E-state index in [4.69, 9.17) is 0 Å². The maximum Gasteiger partial charge on any atom is 0.272 e. The minimum absolute atomic E-state index is 0.0561. The van der Waals surface area contributed by atoms with Crippen molar-refractivity contribution in [3.8, 4) is 0 Å². The number of carbonyl (C=O) groups excluding carboxylic acids is 1. The van der Waals surface area contributed by atoms with Crippen LogP contribution in [-0.2, 0) is 11.2 Å². The summed E-state index contributed by atoms with van der Waals surface area (Å²) < 4.78 is 0. The Bertz CT molecular complexity index is 1150. The third-order valence-electron chi connectivity index (χ3n) is 4.01. The van der Waals surface area contributed by atoms with Crippen molar-refractivity contribution in [2.75, 3.05) is 5.32 Å². The van der Waals surface area contributed by atoms with Crippen LogP contribution in [0.2, 0.25) is 0 Å². The van der Waals surface area contributed by atoms with Crippen LogP contribution in [0.4, 0.5) is 5.69 Å². The normalized spacial score (nSPS) is 10.9. The number of pyridine rings is 1. The lowest BCUT2D eigenvalue weighted by molar-refractivity contribution is -0.115. The Kier molecular flexibility index (Phi) is 3.70. The number of carbonyl (C=O) groups is 1. The molecular formula is C19H14N4O2. The van der Waals surface area contributed by atoms with Crippen LogP contribution in [0.1, 0.15) is 5.69 Å². The Labute approximate surface area is 142 Å². The zero-order valence-electron chi connectivity index (χ0n) is 13.2. The summed E-state index contributed by atoms with van der Waals surface area (Å²) in [6.45, 7) is 0. The predicted molar refractivity (Wildman–Crippen MR) is 96.4 cm³/mol. The molecule has 6 nitrogen and oxygen atoms in total. The lowest BCUT2D eigenvalue weighted by Crippen LogP contribution is -2.18. The van der Waals surface area contributed by atoms with E-state index >= 15 is 0 Å². The Morgan fingerprint density at radius 1 is 1.00 bits per heavy atom. The molecular weight excluding hydrogens is 316 g/mol. The zero-order chi connectivity index (χ0) is 17.2. The average molecular weight is 330 g/mol. The highest BCUT2D eigenvalue weighted by Crippen LogP contribution is 2.21. The summed E-state index contributed by atoms with van der Waals surface area (Å²) in [5.74, 6) is -0.220. The van der Waals surface area contributed by atoms with Gasteiger partial charge in [-0.25, -0.2) is 5.10 Å². The van der Waals surface area contributed by atoms with Crippen molar-refractivity contribution in [2.24, 2.45) is 0 Å². The molecule has 0 aliphatic heterocycles. The van der Waals surface area contributed by atoms with E-state index in [1.165, 1.54) is 0 Å². The number of rotatable bonds is 3. The highest BCUT2D eigenvalue weighted by atomic mass is 16.1. The third-order valence-corrected chi connectivity index (χ3v) is 4.01. The van der Waals surface area contributed by atoms with Crippen LogP contribution in [0, 0.1) is 0 Å². The molecule has 6 heteroatoms. The molecule has 0 aliphatic carbocycles. The lowest BCUT2D eigenvalue weighted by Gasteiger charge is -2.08. The summed E-state index contributed by atoms with van der Waals surface area (Å²) in [7, 11) is 0. The molecule has 2 heterocycles. The molecule has 2 N–H and O–H groups in total. The van der Waals surface area contributed by atoms with Crippen molar-refractivity contribution in [2.45, 2.75) is 6.42 Å². The Balaban J connectivity index is 1.65. The highest BCUT2D eigenvalue weighted by Gasteiger charge is 2.12. The first-order chi connectivity index (χ1) is 12.2. The summed E-state index contributed by atoms with van der Waals surface area (Å²) >= 11 is 0. The van der Waals surface area contributed by atoms with Crippen LogP contribution in [0.15, 0.2) is 65.6 Å². The van der Waals surface area contributed by atoms with E-state index in [0.717, 1.165) is 10.9 Å². The SMILES string of the molecule is O=C(Cc1n[nH]c(=O)c2ccccc12)Nc1cccc2cccnc12. The van der Waals surface area contributed by atoms with Crippen molar-refractivity contribution < 1.29 is 4.79 Å². The molecule has 0 aliphatic rings. The van der Waals surface area contributed by atoms with E-state index in [1.807, 2.05) is 36.4 Å². The Hall–Kier alpha value is -3.54. The van der Waals surface area contributed by atoms with Gasteiger partial charge in [-0.15, -0.1) is 0 Å². The van der Waals surface area contributed by atoms with Gasteiger partial charge in [-0.3, -0.25) is 14.6 Å². The maximum atomic E-state index is 12.5. The summed E-state index contributed by atoms with van der Waals surface area (Å²) in [5, 5.41) is 11.5. The van der Waals surface area contributed by atoms with Gasteiger partial charge in [0.2, 0.25) is 5.91 Å². The van der Waals surface area contributed by atoms with Crippen LogP contribution < -0.4 is 10.9 Å². The molecule has 122 valence electrons. The summed E-state index contributed by atoms with van der Waals surface area (Å²) in [4.78, 5) is 28.6. The molecule has 0 unspecified atom stereocenters. The molecule has 0 atom stereocenters. The first-order valence-corrected chi connectivity index (χ1v) is 7.82. The number of anilines is 1. The van der Waals surface area contributed by atoms with Gasteiger partial charge < -0.3 is 5.32 Å². The van der Waals surface area contributed by atoms with E-state index in [2.05, 4.69) is 20.5 Å². The first kappa shape index (κ1) is 15.0. The van der Waals surface area contributed by atoms with E-state index in [9.17, 15) is 9.59 Å². The molecule has 0 spiro atoms. The number of hydrogen-bond acceptors (Lipinski definition) is 4. The van der Waals surface area contributed by atoms with Crippen LogP contribution in [0.5, 0.6) is 0 Å². The molecule has 0 bridgehead atoms. The number of aromatic amines is 1. The molecule has 0 fully saturated rings. The molecule has 4 rings (SSSR count). The van der Waals surface area contributed by atoms with Crippen LogP contribution in [0.3, 0.4) is 0 Å². The fourth-order valence-corrected chi connectivity index (χ4v) is 2.86. The third kappa shape index (κ3) is 2.85. The minimum Gasteiger partial charge on any atom is -0.324 e. The molecule has 2 aromatic carbocycles. The van der Waals surface area contributed by atoms with E-state index < -0.39 is 0 Å². The van der Waals surface area contributed by atoms with E-state index in [1.54, 1.807) is 24.4 Å². The fourth-order valence-electron chi connectivity index (χ4n) is 2.86. The highest BCUT2D eigenvalue weighted by molar-refractivity contribution is 6.01. The van der Waals surface area contributed by atoms with Gasteiger partial charge in [-0.2, -0.15) is 5.10 Å². The molecule has 4 aromatic rings. The fraction of sp³-hybridized carbons (Fsp3) is 0.0526. The van der Waals surface area contributed by atoms with Gasteiger partial charge in [-0.1, -0.05) is 36.4 Å². The molecule has 0 radical (unpaired) electrons. The van der Waals surface area contributed by atoms with Gasteiger partial charge >= 0.3 is 0 Å². The van der Waals surface area contributed by atoms with Gasteiger partial charge in [-0.05, 0) is 18.2 Å². The molecule has 25 heavy (non-hydrogen) atoms. The van der Waals surface area contributed by atoms with Gasteiger partial charge in [0.25, 0.3) is 5.56 Å². The maximum absolute atomic E-state index is 12.5. The quantitative estimate of drug-likeness (QED) is 0.604. The van der Waals surface area contributed by atoms with Crippen LogP contribution >= 0.6 is 0 Å². The number of hydrogen-bond donors (Lipinski definition) is 2. The van der Waals surface area contributed by atoms with Crippen molar-refractivity contribution >= 4 is 33.3 Å². The Morgan fingerprint density at radius 2 is 1.80 bits per heavy atom. The van der Waals surface area contributed by atoms with Crippen LogP contribution in [-0.4, -0.2) is 21.1 Å². The second-order valence-electron chi connectivity index (χ2n) is 5.65. The van der Waals surface area contributed by atoms with Crippen molar-refractivity contribution in [1.82, 2.24) is 15.2 Å². The Morgan fingerprint density at radius 3 is 2.68 bits per heavy atom. The largest absolute Gasteiger partial charge is 0.324 e. The van der Waals surface area contributed by atoms with Gasteiger partial charge in [0.05, 0.1) is 28.7 Å². The number of fused-ring (bicyclic) bond motifs is 2. The van der Waals surface area contributed by atoms with Crippen LogP contribution in [0.25, 0.3) is 21.7 Å². The monoisotopic (exact) mass is 330 g/mol. The molecule has 0 saturated carbocycles. The van der Waals surface area contributed by atoms with Crippen molar-refractivity contribution in [3.05, 3.63) is 76.8 Å². The number of nitrogens with one attached hydrogen (secondary N) is 2. The summed E-state index contributed by atoms with van der Waals surface area (Å²) in [5.41, 5.74) is 1.65. The number of nitrogens with zero attached hydrogens (tertiary/aromatic N) is 2. The summed E-state index contributed by atoms with van der Waals surface area (Å²) in [6.07, 6.45) is 1.75. The lowest BCUT2D eigenvalue weighted by atomic mass is 10.1. The number of aromatic nitrogens is 3. The smallest absolute Gasteiger partial charge is 0.272 e. The standard InChI is InChI=1S/C19H14N4O2/c24-17(21-15-9-3-5-12-6-4-10-20-18(12)15)11-16-13-7-1-2-8-14(13)19(25)23-22-16/h1-10H,11H2,(H,21,24)(H,23,25). The summed E-state index contributed by atoms with van der Waals surface area (Å²) in [6, 6.07) is 16.5. The number of benzene rings is 2. The predicted octanol–water partition coefficient (Wildman–Crippen LogP) is 2.65. The van der Waals surface area contributed by atoms with E-state index in [-0.39, 0.29) is 17.9 Å². The molecule has 1 amide bonds. The number of para-hydroxylation sites is 1. The van der Waals surface area contributed by atoms with Crippen molar-refractivity contribution in [3.63, 3.8) is 0 Å². The molecule has 2 aromatic heterocycles. The zero-order valence-corrected chi connectivity index (χ0v) is 13.2. The van der Waals surface area contributed by atoms with Crippen molar-refractivity contribution in [1.29, 1.82) is 0 Å². The first-order valence-electron chi connectivity index (χ1n) is 7.82. The van der Waals surface area contributed by atoms with Gasteiger partial charge in [0.1, 0.15) is 0 Å². The minimum atomic E-state index is -0.266. The van der Waals surface area contributed by atoms with Gasteiger partial charge in [0.15, 0.2) is 0 Å². The van der Waals surface area contributed by atoms with Gasteiger partial charge in [0, 0.05) is 17.0 Å². The average Bonchev–Trinajstić information content (AvgIpc) is 2.65. The second-order valence-corrected chi connectivity index (χ2v) is 5.65. The number of H-pyrrole nitrogens is 1. The topological polar surface area (TPSA) is 87.7 Å². The molecule has 0 saturated heterocycles. The number of amides is 1. The second kappa shape index (κ2) is 6.16.